The molecule has 2 heterocycles. The number of piperidine rings is 1. The summed E-state index contributed by atoms with van der Waals surface area (Å²) in [6.45, 7) is 2.74. The molecule has 0 spiro atoms. The van der Waals surface area contributed by atoms with E-state index in [1.54, 1.807) is 42.5 Å². The number of nitrogens with zero attached hydrogens (tertiary/aromatic N) is 1. The molecule has 34 heavy (non-hydrogen) atoms. The van der Waals surface area contributed by atoms with Crippen molar-refractivity contribution >= 4 is 27.6 Å². The minimum absolute atomic E-state index is 0.0693. The van der Waals surface area contributed by atoms with Gasteiger partial charge in [-0.3, -0.25) is 9.59 Å². The minimum atomic E-state index is -3.48. The molecule has 2 aromatic rings. The van der Waals surface area contributed by atoms with E-state index < -0.39 is 28.0 Å². The van der Waals surface area contributed by atoms with Crippen molar-refractivity contribution in [3.8, 4) is 11.5 Å². The first-order chi connectivity index (χ1) is 16.3. The Kier molecular flexibility index (Phi) is 7.38. The molecule has 9 nitrogen and oxygen atoms in total. The van der Waals surface area contributed by atoms with Gasteiger partial charge in [0, 0.05) is 31.3 Å². The number of fused-ring (bicyclic) bond motifs is 1. The van der Waals surface area contributed by atoms with E-state index in [0.717, 1.165) is 24.8 Å². The zero-order valence-corrected chi connectivity index (χ0v) is 19.8. The molecule has 0 saturated carbocycles. The summed E-state index contributed by atoms with van der Waals surface area (Å²) >= 11 is 0. The fourth-order valence-electron chi connectivity index (χ4n) is 3.86. The molecular weight excluding hydrogens is 460 g/mol. The Morgan fingerprint density at radius 2 is 1.74 bits per heavy atom. The number of rotatable bonds is 8. The van der Waals surface area contributed by atoms with E-state index in [2.05, 4.69) is 5.32 Å². The Labute approximate surface area is 199 Å². The van der Waals surface area contributed by atoms with Gasteiger partial charge in [-0.2, -0.15) is 4.31 Å². The maximum Gasteiger partial charge on any atom is 0.306 e. The van der Waals surface area contributed by atoms with Crippen molar-refractivity contribution in [1.82, 2.24) is 4.31 Å². The highest BCUT2D eigenvalue weighted by atomic mass is 32.2. The molecule has 2 aliphatic heterocycles. The van der Waals surface area contributed by atoms with E-state index in [1.807, 2.05) is 0 Å². The lowest BCUT2D eigenvalue weighted by molar-refractivity contribution is -0.153. The van der Waals surface area contributed by atoms with Gasteiger partial charge in [-0.1, -0.05) is 18.6 Å². The molecule has 1 fully saturated rings. The predicted octanol–water partition coefficient (Wildman–Crippen LogP) is 3.09. The molecule has 2 aliphatic rings. The zero-order valence-electron chi connectivity index (χ0n) is 19.0. The van der Waals surface area contributed by atoms with Crippen LogP contribution in [0.2, 0.25) is 0 Å². The highest BCUT2D eigenvalue weighted by molar-refractivity contribution is 7.89. The van der Waals surface area contributed by atoms with Gasteiger partial charge in [0.2, 0.25) is 16.8 Å². The molecule has 4 rings (SSSR count). The predicted molar refractivity (Wildman–Crippen MR) is 124 cm³/mol. The van der Waals surface area contributed by atoms with Crippen LogP contribution in [-0.2, 0) is 30.8 Å². The van der Waals surface area contributed by atoms with Gasteiger partial charge < -0.3 is 19.5 Å². The van der Waals surface area contributed by atoms with Crippen LogP contribution < -0.4 is 14.8 Å². The van der Waals surface area contributed by atoms with Gasteiger partial charge in [0.15, 0.2) is 17.6 Å². The zero-order chi connectivity index (χ0) is 24.1. The van der Waals surface area contributed by atoms with Crippen LogP contribution in [0, 0.1) is 0 Å². The van der Waals surface area contributed by atoms with Crippen molar-refractivity contribution in [2.45, 2.75) is 50.0 Å². The van der Waals surface area contributed by atoms with E-state index in [1.165, 1.54) is 11.2 Å². The molecule has 10 heteroatoms. The molecule has 1 atom stereocenters. The van der Waals surface area contributed by atoms with Crippen LogP contribution in [0.3, 0.4) is 0 Å². The fourth-order valence-corrected chi connectivity index (χ4v) is 5.37. The minimum Gasteiger partial charge on any atom is -0.454 e. The summed E-state index contributed by atoms with van der Waals surface area (Å²) in [5, 5.41) is 2.69. The van der Waals surface area contributed by atoms with Crippen molar-refractivity contribution in [3.05, 3.63) is 48.0 Å². The molecule has 182 valence electrons. The number of esters is 1. The van der Waals surface area contributed by atoms with E-state index in [0.29, 0.717) is 36.7 Å². The average molecular weight is 489 g/mol. The summed E-state index contributed by atoms with van der Waals surface area (Å²) in [4.78, 5) is 24.9. The Bertz CT molecular complexity index is 1140. The van der Waals surface area contributed by atoms with E-state index >= 15 is 0 Å². The molecule has 0 unspecified atom stereocenters. The van der Waals surface area contributed by atoms with Crippen LogP contribution in [0.15, 0.2) is 47.4 Å². The molecule has 0 aromatic heterocycles. The summed E-state index contributed by atoms with van der Waals surface area (Å²) < 4.78 is 42.8. The average Bonchev–Trinajstić information content (AvgIpc) is 3.31. The third-order valence-electron chi connectivity index (χ3n) is 5.81. The summed E-state index contributed by atoms with van der Waals surface area (Å²) in [5.74, 6) is 0.171. The number of sulfonamides is 1. The van der Waals surface area contributed by atoms with Crippen molar-refractivity contribution < 1.29 is 32.2 Å². The molecule has 1 N–H and O–H groups in total. The van der Waals surface area contributed by atoms with Gasteiger partial charge in [0.1, 0.15) is 0 Å². The smallest absolute Gasteiger partial charge is 0.306 e. The van der Waals surface area contributed by atoms with Crippen LogP contribution in [-0.4, -0.2) is 50.6 Å². The lowest BCUT2D eigenvalue weighted by atomic mass is 10.1. The molecule has 1 saturated heterocycles. The number of hydrogen-bond donors (Lipinski definition) is 1. The Balaban J connectivity index is 1.25. The summed E-state index contributed by atoms with van der Waals surface area (Å²) in [6, 6.07) is 11.6. The standard InChI is InChI=1S/C24H28N2O7S/c1-17(24(28)25-19-8-11-21-22(15-19)32-16-31-21)33-23(27)12-7-18-5-9-20(10-6-18)34(29,30)26-13-3-2-4-14-26/h5-6,8-11,15,17H,2-4,7,12-14,16H2,1H3,(H,25,28)/t17-/m0/s1. The first-order valence-electron chi connectivity index (χ1n) is 11.3. The number of benzene rings is 2. The number of anilines is 1. The van der Waals surface area contributed by atoms with Gasteiger partial charge in [-0.15, -0.1) is 0 Å². The Morgan fingerprint density at radius 1 is 1.03 bits per heavy atom. The van der Waals surface area contributed by atoms with Gasteiger partial charge in [0.25, 0.3) is 5.91 Å². The Morgan fingerprint density at radius 3 is 2.47 bits per heavy atom. The molecule has 0 radical (unpaired) electrons. The van der Waals surface area contributed by atoms with Crippen molar-refractivity contribution in [1.29, 1.82) is 0 Å². The number of carbonyl (C=O) groups is 2. The van der Waals surface area contributed by atoms with Crippen LogP contribution in [0.5, 0.6) is 11.5 Å². The maximum absolute atomic E-state index is 12.7. The van der Waals surface area contributed by atoms with E-state index in [4.69, 9.17) is 14.2 Å². The van der Waals surface area contributed by atoms with Crippen molar-refractivity contribution in [3.63, 3.8) is 0 Å². The van der Waals surface area contributed by atoms with Gasteiger partial charge in [0.05, 0.1) is 4.90 Å². The summed E-state index contributed by atoms with van der Waals surface area (Å²) in [7, 11) is -3.48. The second-order valence-corrected chi connectivity index (χ2v) is 10.2. The normalized spacial score (nSPS) is 16.6. The van der Waals surface area contributed by atoms with Crippen LogP contribution >= 0.6 is 0 Å². The number of aryl methyl sites for hydroxylation is 1. The quantitative estimate of drug-likeness (QED) is 0.569. The van der Waals surface area contributed by atoms with Crippen LogP contribution in [0.1, 0.15) is 38.2 Å². The van der Waals surface area contributed by atoms with E-state index in [-0.39, 0.29) is 18.1 Å². The summed E-state index contributed by atoms with van der Waals surface area (Å²) in [5.41, 5.74) is 1.32. The number of carbonyl (C=O) groups excluding carboxylic acids is 2. The first-order valence-corrected chi connectivity index (χ1v) is 12.8. The monoisotopic (exact) mass is 488 g/mol. The third kappa shape index (κ3) is 5.68. The van der Waals surface area contributed by atoms with Crippen LogP contribution in [0.25, 0.3) is 0 Å². The molecule has 0 aliphatic carbocycles. The molecule has 2 aromatic carbocycles. The van der Waals surface area contributed by atoms with Crippen LogP contribution in [0.4, 0.5) is 5.69 Å². The lowest BCUT2D eigenvalue weighted by Crippen LogP contribution is -2.35. The SMILES string of the molecule is C[C@H](OC(=O)CCc1ccc(S(=O)(=O)N2CCCCC2)cc1)C(=O)Nc1ccc2c(c1)OCO2. The second-order valence-electron chi connectivity index (χ2n) is 8.30. The van der Waals surface area contributed by atoms with Crippen molar-refractivity contribution in [2.75, 3.05) is 25.2 Å². The maximum atomic E-state index is 12.7. The van der Waals surface area contributed by atoms with E-state index in [9.17, 15) is 18.0 Å². The molecular formula is C24H28N2O7S. The molecule has 1 amide bonds. The highest BCUT2D eigenvalue weighted by Crippen LogP contribution is 2.34. The second kappa shape index (κ2) is 10.4. The van der Waals surface area contributed by atoms with Gasteiger partial charge >= 0.3 is 5.97 Å². The number of hydrogen-bond acceptors (Lipinski definition) is 7. The third-order valence-corrected chi connectivity index (χ3v) is 7.72. The van der Waals surface area contributed by atoms with Gasteiger partial charge in [-0.05, 0) is 56.0 Å². The van der Waals surface area contributed by atoms with Crippen molar-refractivity contribution in [2.24, 2.45) is 0 Å². The largest absolute Gasteiger partial charge is 0.454 e. The fraction of sp³-hybridized carbons (Fsp3) is 0.417. The first kappa shape index (κ1) is 24.0. The number of ether oxygens (including phenoxy) is 3. The summed E-state index contributed by atoms with van der Waals surface area (Å²) in [6.07, 6.45) is 2.29. The highest BCUT2D eigenvalue weighted by Gasteiger charge is 2.26. The topological polar surface area (TPSA) is 111 Å². The molecule has 0 bridgehead atoms. The Hall–Kier alpha value is -3.11. The number of nitrogens with one attached hydrogen (secondary N) is 1. The number of amides is 1. The van der Waals surface area contributed by atoms with Gasteiger partial charge in [-0.25, -0.2) is 8.42 Å². The lowest BCUT2D eigenvalue weighted by Gasteiger charge is -2.25.